The van der Waals surface area contributed by atoms with E-state index in [0.717, 1.165) is 0 Å². The number of rotatable bonds is 12. The molecule has 0 aliphatic carbocycles. The first-order chi connectivity index (χ1) is 15.3. The Labute approximate surface area is 183 Å². The Hall–Kier alpha value is -4.30. The van der Waals surface area contributed by atoms with Crippen molar-refractivity contribution in [3.8, 4) is 5.75 Å². The van der Waals surface area contributed by atoms with Crippen LogP contribution in [0.1, 0.15) is 35.2 Å². The van der Waals surface area contributed by atoms with E-state index in [-0.39, 0.29) is 18.8 Å². The Morgan fingerprint density at radius 2 is 1.62 bits per heavy atom. The van der Waals surface area contributed by atoms with Gasteiger partial charge in [-0.05, 0) is 55.0 Å². The summed E-state index contributed by atoms with van der Waals surface area (Å²) < 4.78 is 5.53. The third-order valence-corrected chi connectivity index (χ3v) is 4.28. The summed E-state index contributed by atoms with van der Waals surface area (Å²) >= 11 is 0. The third kappa shape index (κ3) is 7.51. The molecule has 0 radical (unpaired) electrons. The van der Waals surface area contributed by atoms with Crippen LogP contribution >= 0.6 is 0 Å². The monoisotopic (exact) mass is 439 g/mol. The Bertz CT molecular complexity index is 1030. The molecule has 1 unspecified atom stereocenters. The number of nitrogens with one attached hydrogen (secondary N) is 1. The van der Waals surface area contributed by atoms with Crippen LogP contribution in [-0.4, -0.2) is 47.4 Å². The summed E-state index contributed by atoms with van der Waals surface area (Å²) in [4.78, 5) is 59.9. The van der Waals surface area contributed by atoms with E-state index in [1.807, 2.05) is 0 Å². The number of amides is 2. The number of nitrogens with two attached hydrogens (primary N) is 1. The molecule has 2 rings (SSSR count). The van der Waals surface area contributed by atoms with Gasteiger partial charge in [0.2, 0.25) is 17.9 Å². The van der Waals surface area contributed by atoms with E-state index in [2.05, 4.69) is 10.3 Å². The SMILES string of the molecule is NC(=O)CC(NC(=O)CCCOc1ccc(C(=O)c2ccc(N=C=O)cc2)cc1)C(=O)O. The van der Waals surface area contributed by atoms with Crippen LogP contribution in [0.15, 0.2) is 53.5 Å². The van der Waals surface area contributed by atoms with Crippen molar-refractivity contribution in [3.05, 3.63) is 59.7 Å². The van der Waals surface area contributed by atoms with Gasteiger partial charge in [0.25, 0.3) is 0 Å². The van der Waals surface area contributed by atoms with Crippen molar-refractivity contribution in [1.82, 2.24) is 5.32 Å². The molecular formula is C22H21N3O7. The average molecular weight is 439 g/mol. The summed E-state index contributed by atoms with van der Waals surface area (Å²) in [6.07, 6.45) is 1.26. The van der Waals surface area contributed by atoms with Gasteiger partial charge < -0.3 is 20.9 Å². The zero-order chi connectivity index (χ0) is 23.5. The Morgan fingerprint density at radius 1 is 1.03 bits per heavy atom. The number of carboxylic acid groups (broad SMARTS) is 1. The van der Waals surface area contributed by atoms with Crippen molar-refractivity contribution < 1.29 is 33.8 Å². The lowest BCUT2D eigenvalue weighted by Crippen LogP contribution is -2.43. The van der Waals surface area contributed by atoms with Crippen LogP contribution in [0.4, 0.5) is 5.69 Å². The maximum absolute atomic E-state index is 12.5. The number of ketones is 1. The summed E-state index contributed by atoms with van der Waals surface area (Å²) in [6.45, 7) is 0.187. The van der Waals surface area contributed by atoms with Crippen LogP contribution < -0.4 is 15.8 Å². The van der Waals surface area contributed by atoms with Gasteiger partial charge in [-0.15, -0.1) is 0 Å². The van der Waals surface area contributed by atoms with Gasteiger partial charge >= 0.3 is 5.97 Å². The summed E-state index contributed by atoms with van der Waals surface area (Å²) in [7, 11) is 0. The number of ether oxygens (including phenoxy) is 1. The number of aliphatic imine (C=N–C) groups is 1. The third-order valence-electron chi connectivity index (χ3n) is 4.28. The van der Waals surface area contributed by atoms with Crippen molar-refractivity contribution in [2.75, 3.05) is 6.61 Å². The number of isocyanates is 1. The highest BCUT2D eigenvalue weighted by Gasteiger charge is 2.21. The fourth-order valence-corrected chi connectivity index (χ4v) is 2.70. The molecule has 0 saturated carbocycles. The van der Waals surface area contributed by atoms with E-state index in [4.69, 9.17) is 15.6 Å². The standard InChI is InChI=1S/C22H21N3O7/c23-19(27)12-18(22(30)31)25-20(28)2-1-11-32-17-9-5-15(6-10-17)21(29)14-3-7-16(8-4-14)24-13-26/h3-10,18H,1-2,11-12H2,(H2,23,27)(H,25,28)(H,30,31). The fraction of sp³-hybridized carbons (Fsp3) is 0.227. The number of hydrogen-bond acceptors (Lipinski definition) is 7. The molecule has 0 fully saturated rings. The zero-order valence-corrected chi connectivity index (χ0v) is 16.9. The Morgan fingerprint density at radius 3 is 2.16 bits per heavy atom. The maximum Gasteiger partial charge on any atom is 0.326 e. The molecule has 0 aliphatic heterocycles. The smallest absolute Gasteiger partial charge is 0.326 e. The minimum absolute atomic E-state index is 0.00323. The van der Waals surface area contributed by atoms with E-state index >= 15 is 0 Å². The molecule has 4 N–H and O–H groups in total. The molecular weight excluding hydrogens is 418 g/mol. The Kier molecular flexibility index (Phi) is 8.82. The second-order valence-corrected chi connectivity index (χ2v) is 6.68. The number of aliphatic carboxylic acids is 1. The second-order valence-electron chi connectivity index (χ2n) is 6.68. The minimum Gasteiger partial charge on any atom is -0.494 e. The topological polar surface area (TPSA) is 165 Å². The summed E-state index contributed by atoms with van der Waals surface area (Å²) in [5.41, 5.74) is 6.24. The number of nitrogens with zero attached hydrogens (tertiary/aromatic N) is 1. The predicted molar refractivity (Wildman–Crippen MR) is 112 cm³/mol. The van der Waals surface area contributed by atoms with E-state index in [1.165, 1.54) is 6.08 Å². The molecule has 2 amide bonds. The van der Waals surface area contributed by atoms with Gasteiger partial charge in [0.1, 0.15) is 11.8 Å². The van der Waals surface area contributed by atoms with Crippen molar-refractivity contribution >= 4 is 35.3 Å². The fourth-order valence-electron chi connectivity index (χ4n) is 2.70. The van der Waals surface area contributed by atoms with Gasteiger partial charge in [-0.2, -0.15) is 4.99 Å². The molecule has 0 saturated heterocycles. The van der Waals surface area contributed by atoms with E-state index in [1.54, 1.807) is 48.5 Å². The molecule has 166 valence electrons. The number of benzene rings is 2. The summed E-state index contributed by atoms with van der Waals surface area (Å²) in [6, 6.07) is 11.3. The maximum atomic E-state index is 12.5. The van der Waals surface area contributed by atoms with Crippen molar-refractivity contribution in [3.63, 3.8) is 0 Å². The summed E-state index contributed by atoms with van der Waals surface area (Å²) in [5.74, 6) is -2.41. The first-order valence-corrected chi connectivity index (χ1v) is 9.56. The van der Waals surface area contributed by atoms with Crippen LogP contribution in [0.5, 0.6) is 5.75 Å². The quantitative estimate of drug-likeness (QED) is 0.195. The highest BCUT2D eigenvalue weighted by molar-refractivity contribution is 6.09. The van der Waals surface area contributed by atoms with Gasteiger partial charge in [0.15, 0.2) is 5.78 Å². The number of carboxylic acids is 1. The zero-order valence-electron chi connectivity index (χ0n) is 16.9. The van der Waals surface area contributed by atoms with Crippen molar-refractivity contribution in [1.29, 1.82) is 0 Å². The molecule has 0 aliphatic rings. The molecule has 2 aromatic carbocycles. The Balaban J connectivity index is 1.81. The van der Waals surface area contributed by atoms with Gasteiger partial charge in [-0.3, -0.25) is 14.4 Å². The molecule has 0 spiro atoms. The lowest BCUT2D eigenvalue weighted by molar-refractivity contribution is -0.143. The minimum atomic E-state index is -1.36. The largest absolute Gasteiger partial charge is 0.494 e. The molecule has 0 bridgehead atoms. The number of carbonyl (C=O) groups excluding carboxylic acids is 4. The van der Waals surface area contributed by atoms with E-state index in [0.29, 0.717) is 29.0 Å². The van der Waals surface area contributed by atoms with Gasteiger partial charge in [0, 0.05) is 17.5 Å². The van der Waals surface area contributed by atoms with Crippen LogP contribution in [0.3, 0.4) is 0 Å². The van der Waals surface area contributed by atoms with E-state index in [9.17, 15) is 24.0 Å². The van der Waals surface area contributed by atoms with E-state index < -0.39 is 30.2 Å². The van der Waals surface area contributed by atoms with Crippen molar-refractivity contribution in [2.45, 2.75) is 25.3 Å². The lowest BCUT2D eigenvalue weighted by atomic mass is 10.0. The molecule has 10 nitrogen and oxygen atoms in total. The van der Waals surface area contributed by atoms with Crippen molar-refractivity contribution in [2.24, 2.45) is 10.7 Å². The van der Waals surface area contributed by atoms with Crippen LogP contribution in [0, 0.1) is 0 Å². The number of primary amides is 1. The first-order valence-electron chi connectivity index (χ1n) is 9.56. The first kappa shape index (κ1) is 24.0. The molecule has 0 heterocycles. The van der Waals surface area contributed by atoms with Crippen LogP contribution in [0.2, 0.25) is 0 Å². The molecule has 0 aromatic heterocycles. The molecule has 32 heavy (non-hydrogen) atoms. The van der Waals surface area contributed by atoms with Crippen LogP contribution in [0.25, 0.3) is 0 Å². The highest BCUT2D eigenvalue weighted by atomic mass is 16.5. The van der Waals surface area contributed by atoms with Crippen LogP contribution in [-0.2, 0) is 19.2 Å². The average Bonchev–Trinajstić information content (AvgIpc) is 2.76. The van der Waals surface area contributed by atoms with Gasteiger partial charge in [-0.1, -0.05) is 0 Å². The van der Waals surface area contributed by atoms with Gasteiger partial charge in [0.05, 0.1) is 18.7 Å². The van der Waals surface area contributed by atoms with Gasteiger partial charge in [-0.25, -0.2) is 9.59 Å². The summed E-state index contributed by atoms with van der Waals surface area (Å²) in [5, 5.41) is 11.2. The predicted octanol–water partition coefficient (Wildman–Crippen LogP) is 1.49. The second kappa shape index (κ2) is 11.8. The normalized spacial score (nSPS) is 11.0. The molecule has 1 atom stereocenters. The number of carbonyl (C=O) groups is 4. The lowest BCUT2D eigenvalue weighted by Gasteiger charge is -2.13. The molecule has 10 heteroatoms. The number of hydrogen-bond donors (Lipinski definition) is 3. The highest BCUT2D eigenvalue weighted by Crippen LogP contribution is 2.18. The molecule has 2 aromatic rings.